The van der Waals surface area contributed by atoms with E-state index < -0.39 is 35.8 Å². The van der Waals surface area contributed by atoms with Crippen molar-refractivity contribution in [1.29, 1.82) is 0 Å². The molecule has 0 amide bonds. The predicted octanol–water partition coefficient (Wildman–Crippen LogP) is 0.194. The Bertz CT molecular complexity index is 569. The van der Waals surface area contributed by atoms with E-state index in [4.69, 9.17) is 9.11 Å². The quantitative estimate of drug-likeness (QED) is 0.653. The Labute approximate surface area is 91.8 Å². The van der Waals surface area contributed by atoms with E-state index >= 15 is 0 Å². The number of aromatic hydroxyl groups is 1. The molecule has 9 heteroatoms. The van der Waals surface area contributed by atoms with Crippen LogP contribution in [0.15, 0.2) is 21.9 Å². The van der Waals surface area contributed by atoms with Crippen LogP contribution in [0.4, 0.5) is 0 Å². The van der Waals surface area contributed by atoms with Crippen molar-refractivity contribution in [2.45, 2.75) is 16.7 Å². The molecule has 90 valence electrons. The van der Waals surface area contributed by atoms with Crippen molar-refractivity contribution >= 4 is 20.2 Å². The first-order valence-corrected chi connectivity index (χ1v) is 6.70. The van der Waals surface area contributed by atoms with E-state index in [1.807, 2.05) is 0 Å². The minimum atomic E-state index is -4.64. The van der Waals surface area contributed by atoms with Crippen molar-refractivity contribution in [3.05, 3.63) is 17.7 Å². The lowest BCUT2D eigenvalue weighted by Gasteiger charge is -2.06. The van der Waals surface area contributed by atoms with Crippen LogP contribution in [-0.4, -0.2) is 31.0 Å². The summed E-state index contributed by atoms with van der Waals surface area (Å²) in [7, 11) is -9.20. The average Bonchev–Trinajstić information content (AvgIpc) is 2.04. The molecule has 16 heavy (non-hydrogen) atoms. The van der Waals surface area contributed by atoms with Crippen molar-refractivity contribution in [3.8, 4) is 5.75 Å². The maximum atomic E-state index is 10.8. The molecule has 1 rings (SSSR count). The molecule has 1 aromatic rings. The lowest BCUT2D eigenvalue weighted by atomic mass is 10.2. The highest BCUT2D eigenvalue weighted by Crippen LogP contribution is 2.28. The van der Waals surface area contributed by atoms with Crippen LogP contribution < -0.4 is 0 Å². The molecule has 0 radical (unpaired) electrons. The van der Waals surface area contributed by atoms with Gasteiger partial charge in [-0.05, 0) is 18.6 Å². The van der Waals surface area contributed by atoms with E-state index in [1.165, 1.54) is 6.92 Å². The van der Waals surface area contributed by atoms with Crippen molar-refractivity contribution < 1.29 is 31.0 Å². The number of rotatable bonds is 2. The highest BCUT2D eigenvalue weighted by molar-refractivity contribution is 7.86. The monoisotopic (exact) mass is 268 g/mol. The molecule has 1 aromatic carbocycles. The SMILES string of the molecule is Cc1cc(S(=O)(=O)O)c(O)cc1S(=O)(=O)O. The summed E-state index contributed by atoms with van der Waals surface area (Å²) in [6, 6.07) is 1.29. The molecule has 3 N–H and O–H groups in total. The van der Waals surface area contributed by atoms with E-state index in [0.29, 0.717) is 6.07 Å². The molecule has 0 aliphatic rings. The molecule has 0 saturated carbocycles. The third kappa shape index (κ3) is 2.50. The molecule has 0 aliphatic heterocycles. The van der Waals surface area contributed by atoms with Crippen LogP contribution in [-0.2, 0) is 20.2 Å². The summed E-state index contributed by atoms with van der Waals surface area (Å²) >= 11 is 0. The second-order valence-electron chi connectivity index (χ2n) is 3.04. The minimum absolute atomic E-state index is 0.118. The molecule has 0 bridgehead atoms. The first kappa shape index (κ1) is 12.9. The zero-order valence-electron chi connectivity index (χ0n) is 7.95. The topological polar surface area (TPSA) is 129 Å². The van der Waals surface area contributed by atoms with E-state index in [0.717, 1.165) is 6.07 Å². The Morgan fingerprint density at radius 2 is 1.38 bits per heavy atom. The van der Waals surface area contributed by atoms with E-state index in [-0.39, 0.29) is 5.56 Å². The first-order valence-electron chi connectivity index (χ1n) is 3.82. The molecule has 0 spiro atoms. The van der Waals surface area contributed by atoms with Gasteiger partial charge in [-0.3, -0.25) is 9.11 Å². The zero-order chi connectivity index (χ0) is 12.7. The molecule has 0 unspecified atom stereocenters. The molecule has 7 nitrogen and oxygen atoms in total. The Hall–Kier alpha value is -1.16. The third-order valence-electron chi connectivity index (χ3n) is 1.81. The first-order chi connectivity index (χ1) is 7.03. The summed E-state index contributed by atoms with van der Waals surface area (Å²) in [5, 5.41) is 9.20. The van der Waals surface area contributed by atoms with Crippen LogP contribution in [0.5, 0.6) is 5.75 Å². The lowest BCUT2D eigenvalue weighted by molar-refractivity contribution is 0.438. The van der Waals surface area contributed by atoms with Crippen LogP contribution in [0.2, 0.25) is 0 Å². The summed E-state index contributed by atoms with van der Waals surface area (Å²) < 4.78 is 60.5. The van der Waals surface area contributed by atoms with Crippen LogP contribution in [0, 0.1) is 6.92 Å². The predicted molar refractivity (Wildman–Crippen MR) is 52.5 cm³/mol. The summed E-state index contributed by atoms with van der Waals surface area (Å²) in [6.07, 6.45) is 0. The Morgan fingerprint density at radius 1 is 0.938 bits per heavy atom. The van der Waals surface area contributed by atoms with Crippen LogP contribution in [0.25, 0.3) is 0 Å². The van der Waals surface area contributed by atoms with Gasteiger partial charge in [0.2, 0.25) is 0 Å². The number of hydrogen-bond donors (Lipinski definition) is 3. The van der Waals surface area contributed by atoms with Crippen molar-refractivity contribution in [1.82, 2.24) is 0 Å². The summed E-state index contributed by atoms with van der Waals surface area (Å²) in [5.41, 5.74) is -0.118. The second-order valence-corrected chi connectivity index (χ2v) is 5.82. The van der Waals surface area contributed by atoms with E-state index in [2.05, 4.69) is 0 Å². The van der Waals surface area contributed by atoms with Crippen LogP contribution in [0.1, 0.15) is 5.56 Å². The average molecular weight is 268 g/mol. The van der Waals surface area contributed by atoms with Gasteiger partial charge < -0.3 is 5.11 Å². The number of aryl methyl sites for hydroxylation is 1. The third-order valence-corrected chi connectivity index (χ3v) is 3.69. The minimum Gasteiger partial charge on any atom is -0.506 e. The molecular weight excluding hydrogens is 260 g/mol. The highest BCUT2D eigenvalue weighted by Gasteiger charge is 2.21. The molecular formula is C7H8O7S2. The Kier molecular flexibility index (Phi) is 2.98. The maximum Gasteiger partial charge on any atom is 0.298 e. The van der Waals surface area contributed by atoms with Gasteiger partial charge in [-0.2, -0.15) is 16.8 Å². The second kappa shape index (κ2) is 3.70. The van der Waals surface area contributed by atoms with Crippen LogP contribution in [0.3, 0.4) is 0 Å². The zero-order valence-corrected chi connectivity index (χ0v) is 9.58. The van der Waals surface area contributed by atoms with Gasteiger partial charge in [0, 0.05) is 6.07 Å². The van der Waals surface area contributed by atoms with Gasteiger partial charge in [-0.1, -0.05) is 0 Å². The smallest absolute Gasteiger partial charge is 0.298 e. The fraction of sp³-hybridized carbons (Fsp3) is 0.143. The Morgan fingerprint density at radius 3 is 1.75 bits per heavy atom. The molecule has 0 aromatic heterocycles. The molecule has 0 saturated heterocycles. The maximum absolute atomic E-state index is 10.8. The number of hydrogen-bond acceptors (Lipinski definition) is 5. The molecule has 0 atom stereocenters. The van der Waals surface area contributed by atoms with Gasteiger partial charge in [-0.25, -0.2) is 0 Å². The summed E-state index contributed by atoms with van der Waals surface area (Å²) in [6.45, 7) is 1.21. The normalized spacial score (nSPS) is 12.7. The molecule has 0 aliphatic carbocycles. The number of phenolic OH excluding ortho intramolecular Hbond substituents is 1. The lowest BCUT2D eigenvalue weighted by Crippen LogP contribution is -2.04. The van der Waals surface area contributed by atoms with Crippen molar-refractivity contribution in [3.63, 3.8) is 0 Å². The standard InChI is InChI=1S/C7H8O7S2/c1-4-2-7(16(12,13)14)5(8)3-6(4)15(9,10)11/h2-3,8H,1H3,(H,9,10,11)(H,12,13,14). The fourth-order valence-electron chi connectivity index (χ4n) is 1.14. The van der Waals surface area contributed by atoms with Crippen LogP contribution >= 0.6 is 0 Å². The van der Waals surface area contributed by atoms with Gasteiger partial charge in [0.05, 0.1) is 0 Å². The number of benzene rings is 1. The fourth-order valence-corrected chi connectivity index (χ4v) is 2.51. The molecule has 0 fully saturated rings. The van der Waals surface area contributed by atoms with Gasteiger partial charge >= 0.3 is 0 Å². The van der Waals surface area contributed by atoms with E-state index in [9.17, 15) is 21.9 Å². The summed E-state index contributed by atoms with van der Waals surface area (Å²) in [4.78, 5) is -1.45. The van der Waals surface area contributed by atoms with Gasteiger partial charge in [-0.15, -0.1) is 0 Å². The van der Waals surface area contributed by atoms with Gasteiger partial charge in [0.25, 0.3) is 20.2 Å². The largest absolute Gasteiger partial charge is 0.506 e. The van der Waals surface area contributed by atoms with Gasteiger partial charge in [0.15, 0.2) is 0 Å². The van der Waals surface area contributed by atoms with Crippen molar-refractivity contribution in [2.75, 3.05) is 0 Å². The van der Waals surface area contributed by atoms with Gasteiger partial charge in [0.1, 0.15) is 15.5 Å². The molecule has 0 heterocycles. The van der Waals surface area contributed by atoms with E-state index in [1.54, 1.807) is 0 Å². The highest BCUT2D eigenvalue weighted by atomic mass is 32.2. The summed E-state index contributed by atoms with van der Waals surface area (Å²) in [5.74, 6) is -0.958. The van der Waals surface area contributed by atoms with Crippen molar-refractivity contribution in [2.24, 2.45) is 0 Å². The number of phenols is 1. The Balaban J connectivity index is 3.65.